The van der Waals surface area contributed by atoms with Gasteiger partial charge in [-0.2, -0.15) is 4.58 Å². The Balaban J connectivity index is 1.32. The number of allylic oxidation sites excluding steroid dienone is 8. The van der Waals surface area contributed by atoms with Crippen LogP contribution in [-0.2, 0) is 40.7 Å². The Morgan fingerprint density at radius 3 is 1.87 bits per heavy atom. The summed E-state index contributed by atoms with van der Waals surface area (Å²) in [4.78, 5) is 39.5. The standard InChI is InChI=1S/C46H52N4O10S2/c1-45(2)36-29-34(61(55,56)57)20-22-38(36)49-24-14-8-12-18-42(51)47-32-26-31(44(53)54)27-33(28-32)48-43(52)19-13-9-15-25-50-39-23-21-35(62(58,59)60)30-37(39)46(3,4)41(50)17-11-7-5-6-10-16-40(45)49/h5-7,10-11,16-17,20-23,26-30H,8-9,12-15,18-19,24-25H2,1-4H3,(H4-,47,48,51,52,53,54,55,56,57,58,59,60)/p-1. The van der Waals surface area contributed by atoms with Gasteiger partial charge in [0.25, 0.3) is 0 Å². The van der Waals surface area contributed by atoms with Crippen LogP contribution in [0.25, 0.3) is 0 Å². The van der Waals surface area contributed by atoms with Crippen LogP contribution < -0.4 is 15.5 Å². The number of aromatic carboxylic acids is 1. The number of nitrogens with one attached hydrogen (secondary N) is 2. The van der Waals surface area contributed by atoms with Gasteiger partial charge in [0, 0.05) is 71.7 Å². The Hall–Kier alpha value is -5.68. The molecule has 3 aromatic rings. The van der Waals surface area contributed by atoms with Gasteiger partial charge in [0.1, 0.15) is 26.8 Å². The number of anilines is 3. The molecule has 2 amide bonds. The second kappa shape index (κ2) is 18.3. The van der Waals surface area contributed by atoms with E-state index in [1.165, 1.54) is 42.5 Å². The topological polar surface area (TPSA) is 216 Å². The third-order valence-electron chi connectivity index (χ3n) is 11.6. The van der Waals surface area contributed by atoms with Gasteiger partial charge in [-0.1, -0.05) is 50.6 Å². The molecule has 3 aromatic carbocycles. The fraction of sp³-hybridized carbons (Fsp3) is 0.348. The van der Waals surface area contributed by atoms with E-state index in [1.54, 1.807) is 12.1 Å². The first kappa shape index (κ1) is 45.8. The molecule has 16 heteroatoms. The fourth-order valence-electron chi connectivity index (χ4n) is 8.39. The van der Waals surface area contributed by atoms with Crippen LogP contribution in [0.1, 0.15) is 101 Å². The van der Waals surface area contributed by atoms with Gasteiger partial charge < -0.3 is 29.7 Å². The number of nitrogens with zero attached hydrogens (tertiary/aromatic N) is 2. The van der Waals surface area contributed by atoms with Crippen LogP contribution in [0.3, 0.4) is 0 Å². The van der Waals surface area contributed by atoms with E-state index in [4.69, 9.17) is 0 Å². The molecule has 6 rings (SSSR count). The first-order valence-corrected chi connectivity index (χ1v) is 23.3. The zero-order valence-corrected chi connectivity index (χ0v) is 36.8. The number of fused-ring (bicyclic) bond motifs is 7. The van der Waals surface area contributed by atoms with Crippen LogP contribution in [0.4, 0.5) is 22.7 Å². The van der Waals surface area contributed by atoms with Gasteiger partial charge in [-0.15, -0.1) is 0 Å². The zero-order chi connectivity index (χ0) is 45.0. The molecule has 328 valence electrons. The maximum atomic E-state index is 13.0. The molecular formula is C46H51N4O10S2-. The summed E-state index contributed by atoms with van der Waals surface area (Å²) < 4.78 is 74.1. The highest BCUT2D eigenvalue weighted by Gasteiger charge is 2.44. The lowest BCUT2D eigenvalue weighted by molar-refractivity contribution is -0.438. The van der Waals surface area contributed by atoms with Gasteiger partial charge in [0.2, 0.25) is 17.5 Å². The van der Waals surface area contributed by atoms with Crippen molar-refractivity contribution >= 4 is 66.5 Å². The molecule has 0 aliphatic carbocycles. The normalized spacial score (nSPS) is 20.5. The second-order valence-electron chi connectivity index (χ2n) is 16.7. The SMILES string of the molecule is CC1(C)C2=C\C=C/C=C\C=C/C3=[N+](CCCCCC(=O)Nc4cc(cc(C(=O)O)c4)NC(=O)CCCCCN2c2ccc(S(=O)(=O)[O-])cc21)c1ccc(S(=O)(=O)[O-])cc1C3(C)C. The van der Waals surface area contributed by atoms with Crippen molar-refractivity contribution in [1.29, 1.82) is 0 Å². The summed E-state index contributed by atoms with van der Waals surface area (Å²) in [5.41, 5.74) is 3.77. The summed E-state index contributed by atoms with van der Waals surface area (Å²) in [6.45, 7) is 8.95. The summed E-state index contributed by atoms with van der Waals surface area (Å²) in [6, 6.07) is 13.0. The van der Waals surface area contributed by atoms with E-state index in [0.29, 0.717) is 62.7 Å². The van der Waals surface area contributed by atoms with Crippen LogP contribution in [0.2, 0.25) is 0 Å². The number of carbonyl (C=O) groups is 3. The molecule has 0 saturated heterocycles. The lowest BCUT2D eigenvalue weighted by Gasteiger charge is -2.27. The monoisotopic (exact) mass is 883 g/mol. The van der Waals surface area contributed by atoms with Gasteiger partial charge in [0.15, 0.2) is 5.71 Å². The average molecular weight is 884 g/mol. The molecule has 3 aliphatic heterocycles. The molecule has 0 unspecified atom stereocenters. The molecule has 3 heterocycles. The molecule has 2 bridgehead atoms. The van der Waals surface area contributed by atoms with Crippen molar-refractivity contribution in [2.45, 2.75) is 99.7 Å². The summed E-state index contributed by atoms with van der Waals surface area (Å²) >= 11 is 0. The number of benzene rings is 3. The van der Waals surface area contributed by atoms with Crippen LogP contribution in [0.5, 0.6) is 0 Å². The van der Waals surface area contributed by atoms with Crippen molar-refractivity contribution in [2.24, 2.45) is 0 Å². The number of carbonyl (C=O) groups excluding carboxylic acids is 2. The molecule has 62 heavy (non-hydrogen) atoms. The number of hydrogen-bond donors (Lipinski definition) is 3. The van der Waals surface area contributed by atoms with Gasteiger partial charge in [-0.25, -0.2) is 21.6 Å². The van der Waals surface area contributed by atoms with Crippen LogP contribution >= 0.6 is 0 Å². The Labute approximate surface area is 362 Å². The number of amides is 2. The number of carboxylic acid groups (broad SMARTS) is 1. The van der Waals surface area contributed by atoms with Crippen molar-refractivity contribution in [2.75, 3.05) is 28.6 Å². The van der Waals surface area contributed by atoms with E-state index in [9.17, 15) is 45.4 Å². The minimum atomic E-state index is -4.70. The van der Waals surface area contributed by atoms with Crippen molar-refractivity contribution in [3.63, 3.8) is 0 Å². The molecule has 0 atom stereocenters. The highest BCUT2D eigenvalue weighted by Crippen LogP contribution is 2.48. The smallest absolute Gasteiger partial charge is 0.335 e. The number of hydrogen-bond acceptors (Lipinski definition) is 10. The Morgan fingerprint density at radius 2 is 1.26 bits per heavy atom. The van der Waals surface area contributed by atoms with E-state index in [1.807, 2.05) is 70.2 Å². The molecule has 0 spiro atoms. The van der Waals surface area contributed by atoms with Gasteiger partial charge >= 0.3 is 5.97 Å². The van der Waals surface area contributed by atoms with Crippen molar-refractivity contribution < 1.29 is 50.0 Å². The van der Waals surface area contributed by atoms with Crippen molar-refractivity contribution in [3.05, 3.63) is 120 Å². The third kappa shape index (κ3) is 10.3. The molecule has 0 aromatic heterocycles. The predicted octanol–water partition coefficient (Wildman–Crippen LogP) is 7.63. The van der Waals surface area contributed by atoms with Crippen LogP contribution in [-0.4, -0.2) is 72.2 Å². The quantitative estimate of drug-likeness (QED) is 0.172. The van der Waals surface area contributed by atoms with Crippen molar-refractivity contribution in [1.82, 2.24) is 0 Å². The van der Waals surface area contributed by atoms with Gasteiger partial charge in [0.05, 0.1) is 20.8 Å². The summed E-state index contributed by atoms with van der Waals surface area (Å²) in [7, 11) is -9.39. The number of carboxylic acids is 1. The highest BCUT2D eigenvalue weighted by molar-refractivity contribution is 7.86. The largest absolute Gasteiger partial charge is 0.744 e. The van der Waals surface area contributed by atoms with Crippen LogP contribution in [0.15, 0.2) is 113 Å². The van der Waals surface area contributed by atoms with E-state index in [-0.39, 0.29) is 51.4 Å². The van der Waals surface area contributed by atoms with E-state index >= 15 is 0 Å². The molecule has 0 fully saturated rings. The Bertz CT molecular complexity index is 2680. The van der Waals surface area contributed by atoms with Gasteiger partial charge in [-0.05, 0) is 99.7 Å². The fourth-order valence-corrected chi connectivity index (χ4v) is 9.39. The number of rotatable bonds is 3. The molecule has 0 saturated carbocycles. The molecule has 3 N–H and O–H groups in total. The first-order valence-electron chi connectivity index (χ1n) is 20.5. The minimum absolute atomic E-state index is 0.101. The lowest BCUT2D eigenvalue weighted by atomic mass is 9.81. The Kier molecular flexibility index (Phi) is 13.6. The maximum Gasteiger partial charge on any atom is 0.335 e. The van der Waals surface area contributed by atoms with Crippen LogP contribution in [0, 0.1) is 0 Å². The van der Waals surface area contributed by atoms with E-state index < -0.39 is 37.0 Å². The summed E-state index contributed by atoms with van der Waals surface area (Å²) in [5.74, 6) is -1.85. The maximum absolute atomic E-state index is 13.0. The molecule has 14 nitrogen and oxygen atoms in total. The average Bonchev–Trinajstić information content (AvgIpc) is 3.53. The van der Waals surface area contributed by atoms with E-state index in [2.05, 4.69) is 20.1 Å². The highest BCUT2D eigenvalue weighted by atomic mass is 32.2. The van der Waals surface area contributed by atoms with E-state index in [0.717, 1.165) is 22.8 Å². The predicted molar refractivity (Wildman–Crippen MR) is 235 cm³/mol. The lowest BCUT2D eigenvalue weighted by Crippen LogP contribution is -2.28. The Morgan fingerprint density at radius 1 is 0.694 bits per heavy atom. The zero-order valence-electron chi connectivity index (χ0n) is 35.1. The molecule has 3 aliphatic rings. The summed E-state index contributed by atoms with van der Waals surface area (Å²) in [5, 5.41) is 15.3. The second-order valence-corrected chi connectivity index (χ2v) is 19.5. The van der Waals surface area contributed by atoms with Crippen molar-refractivity contribution in [3.8, 4) is 0 Å². The molecular weight excluding hydrogens is 833 g/mol. The summed E-state index contributed by atoms with van der Waals surface area (Å²) in [6.07, 6.45) is 17.3. The van der Waals surface area contributed by atoms with Gasteiger partial charge in [-0.3, -0.25) is 9.59 Å². The first-order chi connectivity index (χ1) is 29.2. The molecule has 0 radical (unpaired) electrons. The third-order valence-corrected chi connectivity index (χ3v) is 13.2. The minimum Gasteiger partial charge on any atom is -0.744 e.